The van der Waals surface area contributed by atoms with Crippen molar-refractivity contribution in [1.29, 1.82) is 0 Å². The zero-order valence-corrected chi connectivity index (χ0v) is 13.7. The molecule has 0 spiro atoms. The molecule has 1 atom stereocenters. The fraction of sp³-hybridized carbons (Fsp3) is 0.417. The molecule has 2 aromatic heterocycles. The van der Waals surface area contributed by atoms with Gasteiger partial charge in [0.15, 0.2) is 0 Å². The highest BCUT2D eigenvalue weighted by molar-refractivity contribution is 9.10. The molecule has 2 aromatic rings. The van der Waals surface area contributed by atoms with E-state index in [0.29, 0.717) is 6.04 Å². The summed E-state index contributed by atoms with van der Waals surface area (Å²) in [4.78, 5) is 5.84. The number of nitrogens with one attached hydrogen (secondary N) is 1. The fourth-order valence-corrected chi connectivity index (χ4v) is 4.52. The van der Waals surface area contributed by atoms with Gasteiger partial charge in [-0.05, 0) is 41.8 Å². The molecule has 1 saturated carbocycles. The molecule has 2 heterocycles. The van der Waals surface area contributed by atoms with Crippen LogP contribution in [0.25, 0.3) is 0 Å². The smallest absolute Gasteiger partial charge is 0.115 e. The van der Waals surface area contributed by atoms with E-state index in [0.717, 1.165) is 19.5 Å². The standard InChI is InChI=1S/C12H12BrClN2S2/c1-6-5-17-12(15-6)10(16-7-2-3-7)9-4-8(13)11(14)18-9/h4-5,7,10,16H,2-3H2,1H3. The van der Waals surface area contributed by atoms with E-state index < -0.39 is 0 Å². The van der Waals surface area contributed by atoms with Crippen LogP contribution in [-0.4, -0.2) is 11.0 Å². The summed E-state index contributed by atoms with van der Waals surface area (Å²) in [6.45, 7) is 2.03. The maximum atomic E-state index is 6.15. The van der Waals surface area contributed by atoms with Crippen molar-refractivity contribution >= 4 is 50.2 Å². The number of hydrogen-bond donors (Lipinski definition) is 1. The minimum absolute atomic E-state index is 0.185. The lowest BCUT2D eigenvalue weighted by molar-refractivity contribution is 0.605. The van der Waals surface area contributed by atoms with Crippen molar-refractivity contribution in [2.45, 2.75) is 31.8 Å². The van der Waals surface area contributed by atoms with Crippen molar-refractivity contribution in [2.24, 2.45) is 0 Å². The molecule has 3 rings (SSSR count). The molecule has 1 unspecified atom stereocenters. The van der Waals surface area contributed by atoms with Crippen LogP contribution in [0.1, 0.15) is 34.5 Å². The van der Waals surface area contributed by atoms with Gasteiger partial charge in [0.1, 0.15) is 9.34 Å². The molecule has 1 aliphatic carbocycles. The minimum Gasteiger partial charge on any atom is -0.301 e. The van der Waals surface area contributed by atoms with Gasteiger partial charge in [0, 0.05) is 26.5 Å². The number of hydrogen-bond acceptors (Lipinski definition) is 4. The monoisotopic (exact) mass is 362 g/mol. The van der Waals surface area contributed by atoms with Crippen LogP contribution in [0.3, 0.4) is 0 Å². The number of rotatable bonds is 4. The van der Waals surface area contributed by atoms with Gasteiger partial charge in [-0.2, -0.15) is 0 Å². The Kier molecular flexibility index (Phi) is 3.78. The molecule has 1 aliphatic rings. The zero-order valence-electron chi connectivity index (χ0n) is 9.74. The van der Waals surface area contributed by atoms with Gasteiger partial charge in [0.2, 0.25) is 0 Å². The molecule has 1 N–H and O–H groups in total. The van der Waals surface area contributed by atoms with E-state index in [1.165, 1.54) is 17.7 Å². The molecule has 2 nitrogen and oxygen atoms in total. The average molecular weight is 364 g/mol. The van der Waals surface area contributed by atoms with E-state index >= 15 is 0 Å². The number of nitrogens with zero attached hydrogens (tertiary/aromatic N) is 1. The Morgan fingerprint density at radius 3 is 2.83 bits per heavy atom. The highest BCUT2D eigenvalue weighted by atomic mass is 79.9. The summed E-state index contributed by atoms with van der Waals surface area (Å²) in [6, 6.07) is 2.92. The van der Waals surface area contributed by atoms with E-state index in [4.69, 9.17) is 11.6 Å². The summed E-state index contributed by atoms with van der Waals surface area (Å²) >= 11 is 13.0. The first kappa shape index (κ1) is 13.1. The number of aryl methyl sites for hydroxylation is 1. The Hall–Kier alpha value is 0.0600. The third kappa shape index (κ3) is 2.80. The molecule has 0 amide bonds. The van der Waals surface area contributed by atoms with Crippen molar-refractivity contribution in [1.82, 2.24) is 10.3 Å². The first-order valence-corrected chi connectivity index (χ1v) is 8.63. The lowest BCUT2D eigenvalue weighted by Gasteiger charge is -2.14. The van der Waals surface area contributed by atoms with Crippen LogP contribution in [0.4, 0.5) is 0 Å². The Labute approximate surface area is 128 Å². The summed E-state index contributed by atoms with van der Waals surface area (Å²) < 4.78 is 1.78. The molecule has 0 saturated heterocycles. The largest absolute Gasteiger partial charge is 0.301 e. The van der Waals surface area contributed by atoms with Crippen molar-refractivity contribution in [2.75, 3.05) is 0 Å². The molecule has 18 heavy (non-hydrogen) atoms. The first-order chi connectivity index (χ1) is 8.63. The number of thiophene rings is 1. The number of thiazole rings is 1. The molecular formula is C12H12BrClN2S2. The van der Waals surface area contributed by atoms with Crippen LogP contribution in [0, 0.1) is 6.92 Å². The Morgan fingerprint density at radius 2 is 2.33 bits per heavy atom. The Morgan fingerprint density at radius 1 is 1.56 bits per heavy atom. The second-order valence-corrected chi connectivity index (χ2v) is 7.90. The SMILES string of the molecule is Cc1csc(C(NC2CC2)c2cc(Br)c(Cl)s2)n1. The summed E-state index contributed by atoms with van der Waals surface area (Å²) in [5, 5.41) is 6.88. The minimum atomic E-state index is 0.185. The van der Waals surface area contributed by atoms with Gasteiger partial charge in [-0.3, -0.25) is 0 Å². The third-order valence-electron chi connectivity index (χ3n) is 2.81. The lowest BCUT2D eigenvalue weighted by Crippen LogP contribution is -2.23. The molecule has 0 radical (unpaired) electrons. The summed E-state index contributed by atoms with van der Waals surface area (Å²) in [5.41, 5.74) is 1.08. The van der Waals surface area contributed by atoms with Gasteiger partial charge in [-0.25, -0.2) is 4.98 Å². The van der Waals surface area contributed by atoms with Gasteiger partial charge in [0.05, 0.1) is 6.04 Å². The normalized spacial score (nSPS) is 17.1. The Balaban J connectivity index is 1.93. The fourth-order valence-electron chi connectivity index (χ4n) is 1.77. The van der Waals surface area contributed by atoms with Crippen molar-refractivity contribution in [3.8, 4) is 0 Å². The van der Waals surface area contributed by atoms with E-state index in [1.54, 1.807) is 22.7 Å². The van der Waals surface area contributed by atoms with Crippen LogP contribution in [0.2, 0.25) is 4.34 Å². The predicted molar refractivity (Wildman–Crippen MR) is 81.9 cm³/mol. The predicted octanol–water partition coefficient (Wildman–Crippen LogP) is 4.77. The highest BCUT2D eigenvalue weighted by Crippen LogP contribution is 2.39. The lowest BCUT2D eigenvalue weighted by atomic mass is 10.2. The molecule has 0 bridgehead atoms. The first-order valence-electron chi connectivity index (χ1n) is 5.76. The summed E-state index contributed by atoms with van der Waals surface area (Å²) in [5.74, 6) is 0. The molecule has 0 aromatic carbocycles. The van der Waals surface area contributed by atoms with Gasteiger partial charge in [-0.15, -0.1) is 22.7 Å². The van der Waals surface area contributed by atoms with Gasteiger partial charge >= 0.3 is 0 Å². The maximum Gasteiger partial charge on any atom is 0.115 e. The molecular weight excluding hydrogens is 352 g/mol. The van der Waals surface area contributed by atoms with Crippen LogP contribution in [0.15, 0.2) is 15.9 Å². The van der Waals surface area contributed by atoms with Crippen molar-refractivity contribution in [3.05, 3.63) is 35.8 Å². The molecule has 0 aliphatic heterocycles. The van der Waals surface area contributed by atoms with Gasteiger partial charge < -0.3 is 5.32 Å². The highest BCUT2D eigenvalue weighted by Gasteiger charge is 2.29. The van der Waals surface area contributed by atoms with Crippen molar-refractivity contribution in [3.63, 3.8) is 0 Å². The van der Waals surface area contributed by atoms with E-state index in [1.807, 2.05) is 6.92 Å². The average Bonchev–Trinajstić information content (AvgIpc) is 2.96. The van der Waals surface area contributed by atoms with E-state index in [-0.39, 0.29) is 6.04 Å². The van der Waals surface area contributed by atoms with Crippen LogP contribution >= 0.6 is 50.2 Å². The van der Waals surface area contributed by atoms with E-state index in [2.05, 4.69) is 37.7 Å². The number of halogens is 2. The second-order valence-electron chi connectivity index (χ2n) is 4.47. The van der Waals surface area contributed by atoms with Crippen molar-refractivity contribution < 1.29 is 0 Å². The zero-order chi connectivity index (χ0) is 12.7. The van der Waals surface area contributed by atoms with Gasteiger partial charge in [0.25, 0.3) is 0 Å². The third-order valence-corrected chi connectivity index (χ3v) is 6.38. The maximum absolute atomic E-state index is 6.15. The summed E-state index contributed by atoms with van der Waals surface area (Å²) in [7, 11) is 0. The Bertz CT molecular complexity index is 543. The topological polar surface area (TPSA) is 24.9 Å². The van der Waals surface area contributed by atoms with Gasteiger partial charge in [-0.1, -0.05) is 11.6 Å². The quantitative estimate of drug-likeness (QED) is 0.846. The molecule has 1 fully saturated rings. The molecule has 6 heteroatoms. The van der Waals surface area contributed by atoms with Crippen LogP contribution < -0.4 is 5.32 Å². The second kappa shape index (κ2) is 5.21. The molecule has 96 valence electrons. The van der Waals surface area contributed by atoms with Crippen LogP contribution in [0.5, 0.6) is 0 Å². The van der Waals surface area contributed by atoms with Crippen LogP contribution in [-0.2, 0) is 0 Å². The number of aromatic nitrogens is 1. The van der Waals surface area contributed by atoms with E-state index in [9.17, 15) is 0 Å². The summed E-state index contributed by atoms with van der Waals surface area (Å²) in [6.07, 6.45) is 2.53.